The van der Waals surface area contributed by atoms with Gasteiger partial charge in [-0.25, -0.2) is 8.42 Å². The van der Waals surface area contributed by atoms with Gasteiger partial charge in [0.25, 0.3) is 0 Å². The van der Waals surface area contributed by atoms with Gasteiger partial charge < -0.3 is 5.32 Å². The lowest BCUT2D eigenvalue weighted by molar-refractivity contribution is -0.117. The topological polar surface area (TPSA) is 107 Å². The van der Waals surface area contributed by atoms with Gasteiger partial charge in [0, 0.05) is 17.5 Å². The Bertz CT molecular complexity index is 1090. The summed E-state index contributed by atoms with van der Waals surface area (Å²) in [4.78, 5) is 13.6. The number of benzene rings is 2. The number of hydrogen-bond donors (Lipinski definition) is 1. The molecule has 2 aromatic carbocycles. The molecule has 0 spiro atoms. The lowest BCUT2D eigenvalue weighted by atomic mass is 10.0. The smallest absolute Gasteiger partial charge is 0.248 e. The fourth-order valence-corrected chi connectivity index (χ4v) is 3.24. The summed E-state index contributed by atoms with van der Waals surface area (Å²) in [6.45, 7) is 4.10. The van der Waals surface area contributed by atoms with Crippen molar-refractivity contribution in [1.82, 2.24) is 20.2 Å². The predicted molar refractivity (Wildman–Crippen MR) is 106 cm³/mol. The first-order valence-corrected chi connectivity index (χ1v) is 10.6. The van der Waals surface area contributed by atoms with Crippen LogP contribution < -0.4 is 5.32 Å². The zero-order valence-corrected chi connectivity index (χ0v) is 16.6. The number of amides is 1. The summed E-state index contributed by atoms with van der Waals surface area (Å²) in [6, 6.07) is 13.9. The second-order valence-electron chi connectivity index (χ2n) is 6.77. The van der Waals surface area contributed by atoms with E-state index in [2.05, 4.69) is 34.6 Å². The highest BCUT2D eigenvalue weighted by atomic mass is 32.2. The van der Waals surface area contributed by atoms with Crippen molar-refractivity contribution in [1.29, 1.82) is 0 Å². The zero-order chi connectivity index (χ0) is 20.3. The normalized spacial score (nSPS) is 11.6. The molecule has 9 heteroatoms. The molecule has 0 bridgehead atoms. The third-order valence-electron chi connectivity index (χ3n) is 4.12. The third kappa shape index (κ3) is 4.80. The summed E-state index contributed by atoms with van der Waals surface area (Å²) in [5.41, 5.74) is 2.42. The van der Waals surface area contributed by atoms with Gasteiger partial charge in [-0.3, -0.25) is 4.79 Å². The van der Waals surface area contributed by atoms with E-state index in [0.29, 0.717) is 17.4 Å². The first kappa shape index (κ1) is 19.7. The molecular weight excluding hydrogens is 378 g/mol. The van der Waals surface area contributed by atoms with Crippen molar-refractivity contribution in [2.75, 3.05) is 11.6 Å². The van der Waals surface area contributed by atoms with Crippen molar-refractivity contribution >= 4 is 21.4 Å². The minimum Gasteiger partial charge on any atom is -0.324 e. The van der Waals surface area contributed by atoms with Crippen LogP contribution in [-0.4, -0.2) is 40.8 Å². The van der Waals surface area contributed by atoms with Crippen molar-refractivity contribution < 1.29 is 13.2 Å². The molecule has 0 aliphatic carbocycles. The fraction of sp³-hybridized carbons (Fsp3) is 0.263. The molecule has 0 saturated heterocycles. The first-order valence-electron chi connectivity index (χ1n) is 8.70. The summed E-state index contributed by atoms with van der Waals surface area (Å²) in [5, 5.41) is 14.8. The van der Waals surface area contributed by atoms with E-state index in [-0.39, 0.29) is 17.3 Å². The molecule has 0 atom stereocenters. The van der Waals surface area contributed by atoms with Gasteiger partial charge in [0.1, 0.15) is 6.54 Å². The number of rotatable bonds is 6. The van der Waals surface area contributed by atoms with Gasteiger partial charge in [-0.15, -0.1) is 10.2 Å². The highest BCUT2D eigenvalue weighted by Gasteiger charge is 2.12. The van der Waals surface area contributed by atoms with Gasteiger partial charge in [-0.1, -0.05) is 44.2 Å². The van der Waals surface area contributed by atoms with E-state index in [1.54, 1.807) is 12.1 Å². The SMILES string of the molecule is CC(C)c1ccc(-c2nnn(CC(=O)Nc3cccc(S(C)(=O)=O)c3)n2)cc1. The molecule has 3 aromatic rings. The van der Waals surface area contributed by atoms with Crippen LogP contribution in [0, 0.1) is 0 Å². The van der Waals surface area contributed by atoms with Gasteiger partial charge in [-0.05, 0) is 34.9 Å². The van der Waals surface area contributed by atoms with Gasteiger partial charge >= 0.3 is 0 Å². The lowest BCUT2D eigenvalue weighted by Crippen LogP contribution is -2.20. The number of anilines is 1. The maximum absolute atomic E-state index is 12.2. The van der Waals surface area contributed by atoms with Gasteiger partial charge in [0.15, 0.2) is 9.84 Å². The summed E-state index contributed by atoms with van der Waals surface area (Å²) >= 11 is 0. The van der Waals surface area contributed by atoms with E-state index in [0.717, 1.165) is 11.8 Å². The lowest BCUT2D eigenvalue weighted by Gasteiger charge is -2.06. The molecule has 1 N–H and O–H groups in total. The molecule has 1 heterocycles. The molecule has 0 aliphatic rings. The number of carbonyl (C=O) groups excluding carboxylic acids is 1. The van der Waals surface area contributed by atoms with Crippen LogP contribution in [0.2, 0.25) is 0 Å². The van der Waals surface area contributed by atoms with E-state index >= 15 is 0 Å². The molecule has 3 rings (SSSR count). The Morgan fingerprint density at radius 2 is 1.86 bits per heavy atom. The van der Waals surface area contributed by atoms with E-state index in [1.165, 1.54) is 22.5 Å². The summed E-state index contributed by atoms with van der Waals surface area (Å²) in [5.74, 6) is 0.481. The number of hydrogen-bond acceptors (Lipinski definition) is 6. The average molecular weight is 399 g/mol. The Hall–Kier alpha value is -3.07. The van der Waals surface area contributed by atoms with Crippen LogP contribution in [0.3, 0.4) is 0 Å². The third-order valence-corrected chi connectivity index (χ3v) is 5.23. The van der Waals surface area contributed by atoms with Crippen molar-refractivity contribution in [3.8, 4) is 11.4 Å². The zero-order valence-electron chi connectivity index (χ0n) is 15.8. The molecule has 146 valence electrons. The highest BCUT2D eigenvalue weighted by Crippen LogP contribution is 2.19. The number of aromatic nitrogens is 4. The van der Waals surface area contributed by atoms with Crippen molar-refractivity contribution in [3.05, 3.63) is 54.1 Å². The predicted octanol–water partition coefficient (Wildman–Crippen LogP) is 2.51. The van der Waals surface area contributed by atoms with E-state index in [9.17, 15) is 13.2 Å². The second-order valence-corrected chi connectivity index (χ2v) is 8.78. The number of sulfone groups is 1. The fourth-order valence-electron chi connectivity index (χ4n) is 2.58. The van der Waals surface area contributed by atoms with Crippen LogP contribution in [0.1, 0.15) is 25.3 Å². The molecular formula is C19H21N5O3S. The maximum atomic E-state index is 12.2. The van der Waals surface area contributed by atoms with Gasteiger partial charge in [0.05, 0.1) is 4.90 Å². The number of carbonyl (C=O) groups is 1. The van der Waals surface area contributed by atoms with Gasteiger partial charge in [0.2, 0.25) is 11.7 Å². The van der Waals surface area contributed by atoms with Crippen LogP contribution in [-0.2, 0) is 21.2 Å². The maximum Gasteiger partial charge on any atom is 0.248 e. The molecule has 1 amide bonds. The number of tetrazole rings is 1. The van der Waals surface area contributed by atoms with Gasteiger partial charge in [-0.2, -0.15) is 4.80 Å². The van der Waals surface area contributed by atoms with E-state index in [4.69, 9.17) is 0 Å². The quantitative estimate of drug-likeness (QED) is 0.682. The number of nitrogens with zero attached hydrogens (tertiary/aromatic N) is 4. The average Bonchev–Trinajstić information content (AvgIpc) is 3.09. The van der Waals surface area contributed by atoms with E-state index < -0.39 is 9.84 Å². The summed E-state index contributed by atoms with van der Waals surface area (Å²) in [6.07, 6.45) is 1.11. The first-order chi connectivity index (χ1) is 13.2. The highest BCUT2D eigenvalue weighted by molar-refractivity contribution is 7.90. The van der Waals surface area contributed by atoms with Crippen LogP contribution >= 0.6 is 0 Å². The molecule has 0 saturated carbocycles. The second kappa shape index (κ2) is 7.89. The summed E-state index contributed by atoms with van der Waals surface area (Å²) in [7, 11) is -3.35. The van der Waals surface area contributed by atoms with Crippen LogP contribution in [0.15, 0.2) is 53.4 Å². The molecule has 0 unspecified atom stereocenters. The Balaban J connectivity index is 1.67. The van der Waals surface area contributed by atoms with Crippen LogP contribution in [0.4, 0.5) is 5.69 Å². The van der Waals surface area contributed by atoms with Crippen molar-refractivity contribution in [2.24, 2.45) is 0 Å². The standard InChI is InChI=1S/C19H21N5O3S/c1-13(2)14-7-9-15(10-8-14)19-21-23-24(22-19)12-18(25)20-16-5-4-6-17(11-16)28(3,26)27/h4-11,13H,12H2,1-3H3,(H,20,25). The largest absolute Gasteiger partial charge is 0.324 e. The van der Waals surface area contributed by atoms with Crippen LogP contribution in [0.25, 0.3) is 11.4 Å². The number of nitrogens with one attached hydrogen (secondary N) is 1. The molecule has 0 aliphatic heterocycles. The monoisotopic (exact) mass is 399 g/mol. The van der Waals surface area contributed by atoms with Crippen LogP contribution in [0.5, 0.6) is 0 Å². The molecule has 28 heavy (non-hydrogen) atoms. The minimum absolute atomic E-state index is 0.135. The van der Waals surface area contributed by atoms with Crippen molar-refractivity contribution in [3.63, 3.8) is 0 Å². The van der Waals surface area contributed by atoms with E-state index in [1.807, 2.05) is 24.3 Å². The molecule has 8 nitrogen and oxygen atoms in total. The Labute approximate surface area is 163 Å². The Kier molecular flexibility index (Phi) is 5.55. The molecule has 1 aromatic heterocycles. The van der Waals surface area contributed by atoms with Crippen molar-refractivity contribution in [2.45, 2.75) is 31.2 Å². The Morgan fingerprint density at radius 3 is 2.50 bits per heavy atom. The molecule has 0 radical (unpaired) electrons. The molecule has 0 fully saturated rings. The Morgan fingerprint density at radius 1 is 1.14 bits per heavy atom. The minimum atomic E-state index is -3.35. The summed E-state index contributed by atoms with van der Waals surface area (Å²) < 4.78 is 23.2.